The highest BCUT2D eigenvalue weighted by Crippen LogP contribution is 2.36. The number of ether oxygens (including phenoxy) is 1. The number of rotatable bonds is 5. The van der Waals surface area contributed by atoms with Crippen LogP contribution in [0, 0.1) is 5.82 Å². The Balaban J connectivity index is 1.76. The fourth-order valence-electron chi connectivity index (χ4n) is 3.81. The van der Waals surface area contributed by atoms with Crippen LogP contribution in [-0.4, -0.2) is 46.0 Å². The van der Waals surface area contributed by atoms with Crippen LogP contribution in [0.1, 0.15) is 24.5 Å². The van der Waals surface area contributed by atoms with Crippen LogP contribution < -0.4 is 10.1 Å². The van der Waals surface area contributed by atoms with Crippen molar-refractivity contribution in [3.05, 3.63) is 58.7 Å². The van der Waals surface area contributed by atoms with Crippen molar-refractivity contribution in [2.24, 2.45) is 0 Å². The second-order valence-electron chi connectivity index (χ2n) is 7.34. The van der Waals surface area contributed by atoms with Gasteiger partial charge in [0.05, 0.1) is 34.1 Å². The summed E-state index contributed by atoms with van der Waals surface area (Å²) in [6.07, 6.45) is 4.34. The fourth-order valence-corrected chi connectivity index (χ4v) is 4.12. The van der Waals surface area contributed by atoms with Gasteiger partial charge in [-0.3, -0.25) is 4.79 Å². The number of methoxy groups -OCH3 is 1. The summed E-state index contributed by atoms with van der Waals surface area (Å²) in [5, 5.41) is 2.87. The van der Waals surface area contributed by atoms with Crippen LogP contribution in [0.5, 0.6) is 5.75 Å². The minimum atomic E-state index is -0.689. The number of anilines is 2. The van der Waals surface area contributed by atoms with Crippen LogP contribution in [0.15, 0.2) is 37.2 Å². The topological polar surface area (TPSA) is 80.2 Å². The Morgan fingerprint density at radius 3 is 2.94 bits per heavy atom. The molecule has 1 fully saturated rings. The summed E-state index contributed by atoms with van der Waals surface area (Å²) in [5.74, 6) is 0.0364. The van der Waals surface area contributed by atoms with Gasteiger partial charge in [0.2, 0.25) is 5.91 Å². The zero-order valence-corrected chi connectivity index (χ0v) is 18.8. The van der Waals surface area contributed by atoms with E-state index in [1.165, 1.54) is 24.5 Å². The molecular formula is C22H20Cl2FN5O2. The molecule has 4 rings (SSSR count). The number of amides is 1. The third-order valence-corrected chi connectivity index (χ3v) is 6.19. The molecule has 0 spiro atoms. The number of aromatic nitrogens is 3. The molecule has 32 heavy (non-hydrogen) atoms. The van der Waals surface area contributed by atoms with E-state index >= 15 is 0 Å². The van der Waals surface area contributed by atoms with Gasteiger partial charge in [-0.15, -0.1) is 0 Å². The molecule has 0 bridgehead atoms. The number of nitrogens with zero attached hydrogens (tertiary/aromatic N) is 4. The maximum atomic E-state index is 14.6. The maximum absolute atomic E-state index is 14.6. The molecule has 10 heteroatoms. The van der Waals surface area contributed by atoms with Crippen molar-refractivity contribution in [1.29, 1.82) is 0 Å². The predicted molar refractivity (Wildman–Crippen MR) is 122 cm³/mol. The summed E-state index contributed by atoms with van der Waals surface area (Å²) in [4.78, 5) is 27.2. The molecule has 1 aliphatic heterocycles. The lowest BCUT2D eigenvalue weighted by Gasteiger charge is -2.32. The van der Waals surface area contributed by atoms with E-state index in [0.717, 1.165) is 12.8 Å². The molecule has 3 heterocycles. The average Bonchev–Trinajstić information content (AvgIpc) is 2.83. The smallest absolute Gasteiger partial charge is 0.245 e. The molecule has 0 saturated carbocycles. The molecule has 2 aromatic heterocycles. The molecule has 1 aliphatic rings. The number of nitrogens with one attached hydrogen (secondary N) is 1. The Morgan fingerprint density at radius 1 is 1.38 bits per heavy atom. The molecule has 0 radical (unpaired) electrons. The number of fused-ring (bicyclic) bond motifs is 1. The van der Waals surface area contributed by atoms with Crippen LogP contribution in [-0.2, 0) is 4.79 Å². The zero-order valence-electron chi connectivity index (χ0n) is 17.2. The molecule has 3 aromatic rings. The lowest BCUT2D eigenvalue weighted by atomic mass is 9.93. The highest BCUT2D eigenvalue weighted by Gasteiger charge is 2.28. The number of hydrogen-bond acceptors (Lipinski definition) is 6. The summed E-state index contributed by atoms with van der Waals surface area (Å²) in [6.45, 7) is 4.74. The van der Waals surface area contributed by atoms with Crippen LogP contribution in [0.2, 0.25) is 10.0 Å². The number of halogens is 3. The quantitative estimate of drug-likeness (QED) is 0.407. The van der Waals surface area contributed by atoms with Gasteiger partial charge in [-0.05, 0) is 31.1 Å². The molecule has 1 N–H and O–H groups in total. The molecule has 166 valence electrons. The maximum Gasteiger partial charge on any atom is 0.245 e. The average molecular weight is 476 g/mol. The van der Waals surface area contributed by atoms with Crippen LogP contribution in [0.3, 0.4) is 0 Å². The van der Waals surface area contributed by atoms with E-state index in [4.69, 9.17) is 32.9 Å². The molecule has 1 saturated heterocycles. The van der Waals surface area contributed by atoms with Gasteiger partial charge >= 0.3 is 0 Å². The molecule has 1 aromatic carbocycles. The highest BCUT2D eigenvalue weighted by molar-refractivity contribution is 6.42. The lowest BCUT2D eigenvalue weighted by Crippen LogP contribution is -2.38. The monoisotopic (exact) mass is 475 g/mol. The Bertz CT molecular complexity index is 1210. The van der Waals surface area contributed by atoms with Crippen molar-refractivity contribution < 1.29 is 13.9 Å². The molecule has 1 amide bonds. The number of pyridine rings is 1. The van der Waals surface area contributed by atoms with Crippen molar-refractivity contribution in [3.63, 3.8) is 0 Å². The van der Waals surface area contributed by atoms with Gasteiger partial charge in [-0.25, -0.2) is 19.3 Å². The number of carbonyl (C=O) groups excluding carboxylic acids is 1. The van der Waals surface area contributed by atoms with Crippen molar-refractivity contribution in [2.75, 3.05) is 25.5 Å². The number of likely N-dealkylation sites (tertiary alicyclic amines) is 1. The molecule has 7 nitrogen and oxygen atoms in total. The summed E-state index contributed by atoms with van der Waals surface area (Å²) in [6, 6.07) is 4.74. The number of carbonyl (C=O) groups is 1. The second-order valence-corrected chi connectivity index (χ2v) is 8.13. The van der Waals surface area contributed by atoms with E-state index in [1.807, 2.05) is 0 Å². The summed E-state index contributed by atoms with van der Waals surface area (Å²) in [7, 11) is 1.56. The van der Waals surface area contributed by atoms with E-state index in [-0.39, 0.29) is 27.6 Å². The normalized spacial score (nSPS) is 16.1. The van der Waals surface area contributed by atoms with Gasteiger partial charge in [0.1, 0.15) is 17.6 Å². The van der Waals surface area contributed by atoms with Gasteiger partial charge in [0.25, 0.3) is 0 Å². The number of piperidine rings is 1. The third-order valence-electron chi connectivity index (χ3n) is 5.41. The SMILES string of the molecule is C=CC(=O)N1CCC[C@@H](c2nc3c(Nc4ccc(Cl)c(Cl)c4F)ncnc3cc2OC)C1. The fraction of sp³-hybridized carbons (Fsp3) is 0.273. The van der Waals surface area contributed by atoms with Gasteiger partial charge in [-0.2, -0.15) is 0 Å². The van der Waals surface area contributed by atoms with Crippen molar-refractivity contribution in [1.82, 2.24) is 19.9 Å². The first kappa shape index (κ1) is 22.2. The van der Waals surface area contributed by atoms with Gasteiger partial charge in [0.15, 0.2) is 11.6 Å². The zero-order chi connectivity index (χ0) is 22.8. The third kappa shape index (κ3) is 4.20. The first-order valence-electron chi connectivity index (χ1n) is 9.94. The van der Waals surface area contributed by atoms with Crippen LogP contribution in [0.25, 0.3) is 11.0 Å². The Kier molecular flexibility index (Phi) is 6.43. The molecule has 1 atom stereocenters. The minimum absolute atomic E-state index is 0.0400. The van der Waals surface area contributed by atoms with Gasteiger partial charge < -0.3 is 15.0 Å². The van der Waals surface area contributed by atoms with E-state index in [2.05, 4.69) is 21.9 Å². The molecular weight excluding hydrogens is 456 g/mol. The number of benzene rings is 1. The second kappa shape index (κ2) is 9.26. The van der Waals surface area contributed by atoms with Crippen molar-refractivity contribution >= 4 is 51.6 Å². The molecule has 0 unspecified atom stereocenters. The van der Waals surface area contributed by atoms with Crippen LogP contribution >= 0.6 is 23.2 Å². The van der Waals surface area contributed by atoms with Gasteiger partial charge in [-0.1, -0.05) is 29.8 Å². The predicted octanol–water partition coefficient (Wildman–Crippen LogP) is 5.11. The molecule has 0 aliphatic carbocycles. The Hall–Kier alpha value is -2.97. The Labute approximate surface area is 194 Å². The largest absolute Gasteiger partial charge is 0.495 e. The summed E-state index contributed by atoms with van der Waals surface area (Å²) in [5.41, 5.74) is 1.77. The standard InChI is InChI=1S/C22H20Cl2FN5O2/c1-3-17(31)30-8-4-5-12(10-30)20-16(32-2)9-15-21(29-20)22(27-11-26-15)28-14-7-6-13(23)18(24)19(14)25/h3,6-7,9,11-12H,1,4-5,8,10H2,2H3,(H,26,27,28)/t12-/m1/s1. The minimum Gasteiger partial charge on any atom is -0.495 e. The first-order valence-corrected chi connectivity index (χ1v) is 10.7. The van der Waals surface area contributed by atoms with E-state index in [1.54, 1.807) is 18.1 Å². The van der Waals surface area contributed by atoms with E-state index < -0.39 is 5.82 Å². The lowest BCUT2D eigenvalue weighted by molar-refractivity contribution is -0.127. The van der Waals surface area contributed by atoms with Crippen molar-refractivity contribution in [3.8, 4) is 5.75 Å². The van der Waals surface area contributed by atoms with Crippen molar-refractivity contribution in [2.45, 2.75) is 18.8 Å². The summed E-state index contributed by atoms with van der Waals surface area (Å²) >= 11 is 11.8. The highest BCUT2D eigenvalue weighted by atomic mass is 35.5. The number of hydrogen-bond donors (Lipinski definition) is 1. The first-order chi connectivity index (χ1) is 15.4. The van der Waals surface area contributed by atoms with Crippen LogP contribution in [0.4, 0.5) is 15.9 Å². The summed E-state index contributed by atoms with van der Waals surface area (Å²) < 4.78 is 20.2. The Morgan fingerprint density at radius 2 is 2.19 bits per heavy atom. The van der Waals surface area contributed by atoms with E-state index in [9.17, 15) is 9.18 Å². The van der Waals surface area contributed by atoms with Gasteiger partial charge in [0, 0.05) is 25.1 Å². The van der Waals surface area contributed by atoms with E-state index in [0.29, 0.717) is 41.4 Å².